The third-order valence-electron chi connectivity index (χ3n) is 2.97. The van der Waals surface area contributed by atoms with Crippen molar-refractivity contribution in [2.24, 2.45) is 0 Å². The van der Waals surface area contributed by atoms with Gasteiger partial charge in [0.15, 0.2) is 0 Å². The van der Waals surface area contributed by atoms with Crippen molar-refractivity contribution >= 4 is 10.9 Å². The molecule has 1 aromatic carbocycles. The molecule has 0 amide bonds. The van der Waals surface area contributed by atoms with Gasteiger partial charge in [-0.3, -0.25) is 9.88 Å². The Labute approximate surface area is 108 Å². The van der Waals surface area contributed by atoms with E-state index in [0.29, 0.717) is 6.54 Å². The van der Waals surface area contributed by atoms with Crippen LogP contribution in [0.2, 0.25) is 0 Å². The molecule has 1 heterocycles. The molecule has 2 rings (SSSR count). The highest BCUT2D eigenvalue weighted by Gasteiger charge is 2.07. The van der Waals surface area contributed by atoms with Crippen molar-refractivity contribution in [2.45, 2.75) is 19.9 Å². The van der Waals surface area contributed by atoms with Crippen molar-refractivity contribution < 1.29 is 0 Å². The predicted molar refractivity (Wildman–Crippen MR) is 72.9 cm³/mol. The first-order chi connectivity index (χ1) is 8.85. The van der Waals surface area contributed by atoms with Gasteiger partial charge in [-0.05, 0) is 30.7 Å². The van der Waals surface area contributed by atoms with E-state index in [1.54, 1.807) is 0 Å². The zero-order valence-electron chi connectivity index (χ0n) is 10.6. The lowest BCUT2D eigenvalue weighted by atomic mass is 10.1. The molecule has 0 aliphatic rings. The molecule has 0 atom stereocenters. The average Bonchev–Trinajstić information content (AvgIpc) is 2.40. The van der Waals surface area contributed by atoms with Crippen LogP contribution in [0, 0.1) is 11.3 Å². The van der Waals surface area contributed by atoms with Gasteiger partial charge < -0.3 is 0 Å². The number of hydrogen-bond donors (Lipinski definition) is 0. The van der Waals surface area contributed by atoms with Gasteiger partial charge in [0.1, 0.15) is 0 Å². The summed E-state index contributed by atoms with van der Waals surface area (Å²) in [7, 11) is 0. The summed E-state index contributed by atoms with van der Waals surface area (Å²) in [6, 6.07) is 12.4. The fourth-order valence-corrected chi connectivity index (χ4v) is 2.16. The molecule has 3 nitrogen and oxygen atoms in total. The molecule has 0 N–H and O–H groups in total. The van der Waals surface area contributed by atoms with Crippen molar-refractivity contribution in [3.63, 3.8) is 0 Å². The number of fused-ring (bicyclic) bond motifs is 1. The van der Waals surface area contributed by atoms with Crippen LogP contribution in [0.4, 0.5) is 0 Å². The Morgan fingerprint density at radius 1 is 1.28 bits per heavy atom. The topological polar surface area (TPSA) is 39.9 Å². The monoisotopic (exact) mass is 239 g/mol. The molecule has 2 aromatic rings. The summed E-state index contributed by atoms with van der Waals surface area (Å²) in [5.41, 5.74) is 2.26. The SMILES string of the molecule is CCCN(CC#N)Cc1ccnc2ccccc12. The van der Waals surface area contributed by atoms with E-state index in [4.69, 9.17) is 5.26 Å². The largest absolute Gasteiger partial charge is 0.286 e. The van der Waals surface area contributed by atoms with Gasteiger partial charge in [0.25, 0.3) is 0 Å². The fraction of sp³-hybridized carbons (Fsp3) is 0.333. The van der Waals surface area contributed by atoms with E-state index in [9.17, 15) is 0 Å². The number of para-hydroxylation sites is 1. The van der Waals surface area contributed by atoms with Crippen LogP contribution in [0.15, 0.2) is 36.5 Å². The number of nitrogens with zero attached hydrogens (tertiary/aromatic N) is 3. The van der Waals surface area contributed by atoms with Crippen molar-refractivity contribution in [1.82, 2.24) is 9.88 Å². The average molecular weight is 239 g/mol. The minimum absolute atomic E-state index is 0.477. The molecule has 0 fully saturated rings. The van der Waals surface area contributed by atoms with Gasteiger partial charge in [0.2, 0.25) is 0 Å². The maximum Gasteiger partial charge on any atom is 0.0868 e. The molecule has 1 aromatic heterocycles. The molecule has 0 spiro atoms. The van der Waals surface area contributed by atoms with Gasteiger partial charge in [-0.25, -0.2) is 0 Å². The second-order valence-electron chi connectivity index (χ2n) is 4.36. The van der Waals surface area contributed by atoms with Crippen LogP contribution in [-0.4, -0.2) is 23.0 Å². The molecule has 0 unspecified atom stereocenters. The quantitative estimate of drug-likeness (QED) is 0.753. The minimum atomic E-state index is 0.477. The summed E-state index contributed by atoms with van der Waals surface area (Å²) in [6.45, 7) is 4.37. The number of hydrogen-bond acceptors (Lipinski definition) is 3. The number of benzene rings is 1. The summed E-state index contributed by atoms with van der Waals surface area (Å²) in [5, 5.41) is 10.0. The van der Waals surface area contributed by atoms with E-state index in [-0.39, 0.29) is 0 Å². The Kier molecular flexibility index (Phi) is 4.27. The van der Waals surface area contributed by atoms with Crippen LogP contribution in [0.3, 0.4) is 0 Å². The molecule has 0 aliphatic heterocycles. The lowest BCUT2D eigenvalue weighted by Gasteiger charge is -2.19. The molecular weight excluding hydrogens is 222 g/mol. The second-order valence-corrected chi connectivity index (χ2v) is 4.36. The zero-order valence-corrected chi connectivity index (χ0v) is 10.6. The van der Waals surface area contributed by atoms with Crippen LogP contribution < -0.4 is 0 Å². The standard InChI is InChI=1S/C15H17N3/c1-2-10-18(11-8-16)12-13-7-9-17-15-6-4-3-5-14(13)15/h3-7,9H,2,10-12H2,1H3. The summed E-state index contributed by atoms with van der Waals surface area (Å²) in [6.07, 6.45) is 2.90. The molecule has 3 heteroatoms. The van der Waals surface area contributed by atoms with Gasteiger partial charge >= 0.3 is 0 Å². The third kappa shape index (κ3) is 2.85. The molecule has 18 heavy (non-hydrogen) atoms. The molecule has 92 valence electrons. The zero-order chi connectivity index (χ0) is 12.8. The normalized spacial score (nSPS) is 10.7. The third-order valence-corrected chi connectivity index (χ3v) is 2.97. The van der Waals surface area contributed by atoms with Crippen LogP contribution in [0.5, 0.6) is 0 Å². The predicted octanol–water partition coefficient (Wildman–Crippen LogP) is 2.97. The number of rotatable bonds is 5. The van der Waals surface area contributed by atoms with Crippen LogP contribution >= 0.6 is 0 Å². The van der Waals surface area contributed by atoms with Gasteiger partial charge in [-0.15, -0.1) is 0 Å². The first-order valence-corrected chi connectivity index (χ1v) is 6.27. The summed E-state index contributed by atoms with van der Waals surface area (Å²) >= 11 is 0. The number of aromatic nitrogens is 1. The van der Waals surface area contributed by atoms with E-state index in [0.717, 1.165) is 25.0 Å². The Balaban J connectivity index is 2.27. The first kappa shape index (κ1) is 12.5. The smallest absolute Gasteiger partial charge is 0.0868 e. The Morgan fingerprint density at radius 2 is 2.11 bits per heavy atom. The number of pyridine rings is 1. The fourth-order valence-electron chi connectivity index (χ4n) is 2.16. The Bertz CT molecular complexity index is 552. The van der Waals surface area contributed by atoms with E-state index in [2.05, 4.69) is 28.9 Å². The van der Waals surface area contributed by atoms with Crippen molar-refractivity contribution in [3.05, 3.63) is 42.1 Å². The van der Waals surface area contributed by atoms with Gasteiger partial charge in [-0.1, -0.05) is 25.1 Å². The maximum absolute atomic E-state index is 8.85. The van der Waals surface area contributed by atoms with Gasteiger partial charge in [-0.2, -0.15) is 5.26 Å². The number of nitriles is 1. The highest BCUT2D eigenvalue weighted by Crippen LogP contribution is 2.17. The van der Waals surface area contributed by atoms with Crippen LogP contribution in [0.1, 0.15) is 18.9 Å². The molecule has 0 radical (unpaired) electrons. The highest BCUT2D eigenvalue weighted by atomic mass is 15.1. The van der Waals surface area contributed by atoms with E-state index in [1.807, 2.05) is 30.5 Å². The highest BCUT2D eigenvalue weighted by molar-refractivity contribution is 5.81. The first-order valence-electron chi connectivity index (χ1n) is 6.27. The van der Waals surface area contributed by atoms with Crippen LogP contribution in [0.25, 0.3) is 10.9 Å². The van der Waals surface area contributed by atoms with E-state index in [1.165, 1.54) is 10.9 Å². The lowest BCUT2D eigenvalue weighted by molar-refractivity contribution is 0.299. The molecule has 0 saturated carbocycles. The molecular formula is C15H17N3. The summed E-state index contributed by atoms with van der Waals surface area (Å²) in [4.78, 5) is 6.53. The summed E-state index contributed by atoms with van der Waals surface area (Å²) in [5.74, 6) is 0. The minimum Gasteiger partial charge on any atom is -0.286 e. The second kappa shape index (κ2) is 6.13. The van der Waals surface area contributed by atoms with E-state index < -0.39 is 0 Å². The molecule has 0 saturated heterocycles. The lowest BCUT2D eigenvalue weighted by Crippen LogP contribution is -2.24. The van der Waals surface area contributed by atoms with Crippen molar-refractivity contribution in [1.29, 1.82) is 5.26 Å². The molecule has 0 aliphatic carbocycles. The maximum atomic E-state index is 8.85. The Morgan fingerprint density at radius 3 is 2.89 bits per heavy atom. The van der Waals surface area contributed by atoms with Gasteiger partial charge in [0, 0.05) is 18.1 Å². The van der Waals surface area contributed by atoms with Crippen molar-refractivity contribution in [2.75, 3.05) is 13.1 Å². The Hall–Kier alpha value is -1.92. The summed E-state index contributed by atoms with van der Waals surface area (Å²) < 4.78 is 0. The van der Waals surface area contributed by atoms with Gasteiger partial charge in [0.05, 0.1) is 18.1 Å². The van der Waals surface area contributed by atoms with Crippen molar-refractivity contribution in [3.8, 4) is 6.07 Å². The van der Waals surface area contributed by atoms with Crippen LogP contribution in [-0.2, 0) is 6.54 Å². The molecule has 0 bridgehead atoms. The van der Waals surface area contributed by atoms with E-state index >= 15 is 0 Å².